The van der Waals surface area contributed by atoms with E-state index < -0.39 is 0 Å². The molecule has 1 saturated heterocycles. The van der Waals surface area contributed by atoms with E-state index >= 15 is 0 Å². The van der Waals surface area contributed by atoms with Gasteiger partial charge in [-0.2, -0.15) is 0 Å². The number of rotatable bonds is 7. The Bertz CT molecular complexity index is 660. The van der Waals surface area contributed by atoms with Crippen LogP contribution in [-0.4, -0.2) is 30.3 Å². The van der Waals surface area contributed by atoms with Gasteiger partial charge in [0.15, 0.2) is 5.78 Å². The van der Waals surface area contributed by atoms with E-state index in [1.807, 2.05) is 0 Å². The molecular formula is C22H26FNO. The van der Waals surface area contributed by atoms with Gasteiger partial charge in [-0.3, -0.25) is 4.79 Å². The fourth-order valence-corrected chi connectivity index (χ4v) is 3.58. The first-order chi connectivity index (χ1) is 12.2. The van der Waals surface area contributed by atoms with Crippen molar-refractivity contribution in [3.8, 4) is 0 Å². The number of halogens is 1. The highest BCUT2D eigenvalue weighted by Crippen LogP contribution is 2.22. The first-order valence-electron chi connectivity index (χ1n) is 9.28. The lowest BCUT2D eigenvalue weighted by Crippen LogP contribution is -2.37. The molecule has 1 aliphatic heterocycles. The number of hydrogen-bond donors (Lipinski definition) is 0. The molecule has 0 spiro atoms. The van der Waals surface area contributed by atoms with Gasteiger partial charge in [-0.25, -0.2) is 4.39 Å². The maximum Gasteiger partial charge on any atom is 0.166 e. The molecule has 3 rings (SSSR count). The third-order valence-corrected chi connectivity index (χ3v) is 5.12. The second kappa shape index (κ2) is 8.91. The van der Waals surface area contributed by atoms with Crippen molar-refractivity contribution in [1.29, 1.82) is 0 Å². The van der Waals surface area contributed by atoms with Crippen LogP contribution < -0.4 is 0 Å². The smallest absolute Gasteiger partial charge is 0.166 e. The largest absolute Gasteiger partial charge is 0.303 e. The normalized spacial score (nSPS) is 16.0. The monoisotopic (exact) mass is 338 g/mol. The van der Waals surface area contributed by atoms with E-state index in [1.165, 1.54) is 30.5 Å². The van der Waals surface area contributed by atoms with Crippen LogP contribution in [0.2, 0.25) is 0 Å². The molecular weight excluding hydrogens is 312 g/mol. The number of piperidine rings is 1. The van der Waals surface area contributed by atoms with Gasteiger partial charge in [-0.1, -0.05) is 30.3 Å². The van der Waals surface area contributed by atoms with E-state index in [0.717, 1.165) is 38.9 Å². The van der Waals surface area contributed by atoms with Crippen molar-refractivity contribution in [2.24, 2.45) is 5.92 Å². The number of likely N-dealkylation sites (tertiary alicyclic amines) is 1. The van der Waals surface area contributed by atoms with Gasteiger partial charge < -0.3 is 4.90 Å². The molecule has 0 N–H and O–H groups in total. The Kier molecular flexibility index (Phi) is 6.35. The quantitative estimate of drug-likeness (QED) is 0.537. The molecule has 132 valence electrons. The number of carbonyl (C=O) groups is 1. The minimum atomic E-state index is -0.290. The average molecular weight is 338 g/mol. The summed E-state index contributed by atoms with van der Waals surface area (Å²) in [6.45, 7) is 3.09. The average Bonchev–Trinajstić information content (AvgIpc) is 2.67. The molecule has 2 aromatic carbocycles. The van der Waals surface area contributed by atoms with Crippen LogP contribution in [-0.2, 0) is 6.42 Å². The zero-order valence-corrected chi connectivity index (χ0v) is 14.7. The highest BCUT2D eigenvalue weighted by molar-refractivity contribution is 5.97. The summed E-state index contributed by atoms with van der Waals surface area (Å²) in [5.41, 5.74) is 2.05. The Morgan fingerprint density at radius 1 is 0.960 bits per heavy atom. The van der Waals surface area contributed by atoms with Crippen LogP contribution in [0.4, 0.5) is 4.39 Å². The number of aryl methyl sites for hydroxylation is 1. The zero-order chi connectivity index (χ0) is 17.5. The summed E-state index contributed by atoms with van der Waals surface area (Å²) in [7, 11) is 0. The van der Waals surface area contributed by atoms with Crippen LogP contribution in [0, 0.1) is 11.7 Å². The fraction of sp³-hybridized carbons (Fsp3) is 0.409. The van der Waals surface area contributed by atoms with Crippen LogP contribution >= 0.6 is 0 Å². The number of unbranched alkanes of at least 4 members (excludes halogenated alkanes) is 1. The van der Waals surface area contributed by atoms with Crippen molar-refractivity contribution < 1.29 is 9.18 Å². The molecule has 0 atom stereocenters. The van der Waals surface area contributed by atoms with Crippen molar-refractivity contribution in [3.05, 3.63) is 71.5 Å². The van der Waals surface area contributed by atoms with E-state index in [4.69, 9.17) is 0 Å². The third-order valence-electron chi connectivity index (χ3n) is 5.12. The van der Waals surface area contributed by atoms with E-state index in [1.54, 1.807) is 12.1 Å². The van der Waals surface area contributed by atoms with E-state index in [2.05, 4.69) is 35.2 Å². The van der Waals surface area contributed by atoms with Gasteiger partial charge in [0.25, 0.3) is 0 Å². The number of nitrogens with zero attached hydrogens (tertiary/aromatic N) is 1. The van der Waals surface area contributed by atoms with Gasteiger partial charge >= 0.3 is 0 Å². The van der Waals surface area contributed by atoms with Crippen molar-refractivity contribution in [2.75, 3.05) is 19.6 Å². The van der Waals surface area contributed by atoms with Crippen LogP contribution in [0.15, 0.2) is 54.6 Å². The minimum Gasteiger partial charge on any atom is -0.303 e. The molecule has 0 aromatic heterocycles. The van der Waals surface area contributed by atoms with Gasteiger partial charge in [-0.15, -0.1) is 0 Å². The second-order valence-electron chi connectivity index (χ2n) is 6.93. The maximum atomic E-state index is 13.0. The lowest BCUT2D eigenvalue weighted by atomic mass is 9.89. The molecule has 0 unspecified atom stereocenters. The summed E-state index contributed by atoms with van der Waals surface area (Å²) < 4.78 is 13.0. The van der Waals surface area contributed by atoms with Crippen molar-refractivity contribution in [1.82, 2.24) is 4.90 Å². The minimum absolute atomic E-state index is 0.0889. The number of benzene rings is 2. The second-order valence-corrected chi connectivity index (χ2v) is 6.93. The standard InChI is InChI=1S/C22H26FNO/c23-21-11-9-19(10-12-21)22(25)20-13-16-24(17-14-20)15-5-4-8-18-6-2-1-3-7-18/h1-3,6-7,9-12,20H,4-5,8,13-17H2/i23-1. The molecule has 0 saturated carbocycles. The van der Waals surface area contributed by atoms with Gasteiger partial charge in [0.2, 0.25) is 0 Å². The lowest BCUT2D eigenvalue weighted by molar-refractivity contribution is 0.0839. The van der Waals surface area contributed by atoms with Gasteiger partial charge in [0.1, 0.15) is 5.82 Å². The molecule has 25 heavy (non-hydrogen) atoms. The highest BCUT2D eigenvalue weighted by Gasteiger charge is 2.25. The first kappa shape index (κ1) is 17.8. The first-order valence-corrected chi connectivity index (χ1v) is 9.28. The third kappa shape index (κ3) is 5.23. The number of ketones is 1. The van der Waals surface area contributed by atoms with Crippen LogP contribution in [0.1, 0.15) is 41.6 Å². The predicted molar refractivity (Wildman–Crippen MR) is 99.3 cm³/mol. The molecule has 1 heterocycles. The van der Waals surface area contributed by atoms with Gasteiger partial charge in [-0.05, 0) is 81.6 Å². The zero-order valence-electron chi connectivity index (χ0n) is 14.7. The predicted octanol–water partition coefficient (Wildman–Crippen LogP) is 4.74. The number of Topliss-reactive ketones (excluding diaryl/α,β-unsaturated/α-hetero) is 1. The summed E-state index contributed by atoms with van der Waals surface area (Å²) in [5.74, 6) is -0.0309. The topological polar surface area (TPSA) is 20.3 Å². The molecule has 3 heteroatoms. The molecule has 2 aromatic rings. The van der Waals surface area contributed by atoms with Crippen LogP contribution in [0.5, 0.6) is 0 Å². The van der Waals surface area contributed by atoms with Gasteiger partial charge in [0, 0.05) is 11.5 Å². The Balaban J connectivity index is 1.37. The SMILES string of the molecule is O=C(c1ccc([18F])cc1)C1CCN(CCCCc2ccccc2)CC1. The molecule has 0 bridgehead atoms. The molecule has 1 aliphatic rings. The van der Waals surface area contributed by atoms with Crippen molar-refractivity contribution in [3.63, 3.8) is 0 Å². The van der Waals surface area contributed by atoms with Crippen molar-refractivity contribution >= 4 is 5.78 Å². The maximum absolute atomic E-state index is 13.0. The highest BCUT2D eigenvalue weighted by atomic mass is 18.2. The summed E-state index contributed by atoms with van der Waals surface area (Å²) in [5, 5.41) is 0. The number of hydrogen-bond acceptors (Lipinski definition) is 2. The van der Waals surface area contributed by atoms with E-state index in [-0.39, 0.29) is 17.5 Å². The summed E-state index contributed by atoms with van der Waals surface area (Å²) in [6, 6.07) is 16.6. The fourth-order valence-electron chi connectivity index (χ4n) is 3.58. The lowest BCUT2D eigenvalue weighted by Gasteiger charge is -2.31. The van der Waals surface area contributed by atoms with Crippen molar-refractivity contribution in [2.45, 2.75) is 32.1 Å². The van der Waals surface area contributed by atoms with E-state index in [9.17, 15) is 9.18 Å². The summed E-state index contributed by atoms with van der Waals surface area (Å²) >= 11 is 0. The number of carbonyl (C=O) groups excluding carboxylic acids is 1. The molecule has 2 nitrogen and oxygen atoms in total. The Labute approximate surface area is 149 Å². The van der Waals surface area contributed by atoms with Crippen LogP contribution in [0.3, 0.4) is 0 Å². The summed E-state index contributed by atoms with van der Waals surface area (Å²) in [4.78, 5) is 15.0. The molecule has 0 radical (unpaired) electrons. The Morgan fingerprint density at radius 2 is 1.64 bits per heavy atom. The Hall–Kier alpha value is -2.00. The van der Waals surface area contributed by atoms with Crippen LogP contribution in [0.25, 0.3) is 0 Å². The summed E-state index contributed by atoms with van der Waals surface area (Å²) in [6.07, 6.45) is 5.37. The molecule has 1 fully saturated rings. The van der Waals surface area contributed by atoms with E-state index in [0.29, 0.717) is 5.56 Å². The molecule has 0 amide bonds. The Morgan fingerprint density at radius 3 is 2.32 bits per heavy atom. The van der Waals surface area contributed by atoms with Gasteiger partial charge in [0.05, 0.1) is 0 Å². The molecule has 0 aliphatic carbocycles.